The van der Waals surface area contributed by atoms with Crippen molar-refractivity contribution in [3.05, 3.63) is 29.6 Å². The first kappa shape index (κ1) is 13.0. The van der Waals surface area contributed by atoms with Crippen LogP contribution in [-0.2, 0) is 4.79 Å². The molecule has 0 aromatic heterocycles. The summed E-state index contributed by atoms with van der Waals surface area (Å²) in [6.07, 6.45) is 0. The summed E-state index contributed by atoms with van der Waals surface area (Å²) < 4.78 is 13.5. The van der Waals surface area contributed by atoms with Crippen LogP contribution in [0.4, 0.5) is 10.1 Å². The van der Waals surface area contributed by atoms with Crippen LogP contribution in [-0.4, -0.2) is 17.1 Å². The van der Waals surface area contributed by atoms with Gasteiger partial charge in [-0.15, -0.1) is 0 Å². The number of carboxylic acids is 1. The van der Waals surface area contributed by atoms with Crippen molar-refractivity contribution in [1.82, 2.24) is 0 Å². The van der Waals surface area contributed by atoms with Crippen LogP contribution in [0.2, 0.25) is 0 Å². The van der Waals surface area contributed by atoms with Crippen LogP contribution >= 0.6 is 0 Å². The number of aliphatic carboxylic acids is 1. The lowest BCUT2D eigenvalue weighted by atomic mass is 10.0. The summed E-state index contributed by atoms with van der Waals surface area (Å²) in [7, 11) is 0. The third-order valence-electron chi connectivity index (χ3n) is 2.34. The number of hydrogen-bond donors (Lipinski definition) is 2. The van der Waals surface area contributed by atoms with Crippen molar-refractivity contribution < 1.29 is 14.3 Å². The van der Waals surface area contributed by atoms with Gasteiger partial charge in [-0.3, -0.25) is 0 Å². The Hall–Kier alpha value is -2.09. The van der Waals surface area contributed by atoms with Crippen LogP contribution in [0.15, 0.2) is 18.2 Å². The van der Waals surface area contributed by atoms with E-state index in [9.17, 15) is 9.18 Å². The Morgan fingerprint density at radius 2 is 2.18 bits per heavy atom. The normalized spacial score (nSPS) is 11.9. The van der Waals surface area contributed by atoms with Crippen LogP contribution in [0.25, 0.3) is 0 Å². The summed E-state index contributed by atoms with van der Waals surface area (Å²) in [5, 5.41) is 20.2. The number of halogens is 1. The predicted molar refractivity (Wildman–Crippen MR) is 61.0 cm³/mol. The van der Waals surface area contributed by atoms with E-state index in [2.05, 4.69) is 5.32 Å². The molecule has 1 aromatic rings. The Labute approximate surface area is 98.7 Å². The quantitative estimate of drug-likeness (QED) is 0.840. The van der Waals surface area contributed by atoms with Crippen molar-refractivity contribution in [1.29, 1.82) is 5.26 Å². The highest BCUT2D eigenvalue weighted by atomic mass is 19.1. The molecule has 0 saturated heterocycles. The molecule has 17 heavy (non-hydrogen) atoms. The van der Waals surface area contributed by atoms with Crippen LogP contribution in [0.5, 0.6) is 0 Å². The largest absolute Gasteiger partial charge is 0.480 e. The molecule has 0 bridgehead atoms. The van der Waals surface area contributed by atoms with Crippen molar-refractivity contribution in [2.75, 3.05) is 5.32 Å². The van der Waals surface area contributed by atoms with Crippen LogP contribution in [0.1, 0.15) is 19.4 Å². The summed E-state index contributed by atoms with van der Waals surface area (Å²) in [6, 6.07) is 4.82. The van der Waals surface area contributed by atoms with Crippen molar-refractivity contribution in [2.24, 2.45) is 5.92 Å². The van der Waals surface area contributed by atoms with Gasteiger partial charge in [-0.25, -0.2) is 9.18 Å². The molecular formula is C12H13FN2O2. The third kappa shape index (κ3) is 3.18. The number of nitrogens with one attached hydrogen (secondary N) is 1. The van der Waals surface area contributed by atoms with Gasteiger partial charge in [0.05, 0.1) is 17.3 Å². The molecule has 0 saturated carbocycles. The smallest absolute Gasteiger partial charge is 0.326 e. The highest BCUT2D eigenvalue weighted by Crippen LogP contribution is 2.18. The molecule has 1 unspecified atom stereocenters. The molecular weight excluding hydrogens is 223 g/mol. The van der Waals surface area contributed by atoms with Crippen molar-refractivity contribution in [3.63, 3.8) is 0 Å². The third-order valence-corrected chi connectivity index (χ3v) is 2.34. The highest BCUT2D eigenvalue weighted by Gasteiger charge is 2.22. The van der Waals surface area contributed by atoms with E-state index in [1.807, 2.05) is 6.07 Å². The maximum Gasteiger partial charge on any atom is 0.326 e. The van der Waals surface area contributed by atoms with Crippen molar-refractivity contribution in [2.45, 2.75) is 19.9 Å². The summed E-state index contributed by atoms with van der Waals surface area (Å²) in [4.78, 5) is 10.9. The van der Waals surface area contributed by atoms with E-state index in [-0.39, 0.29) is 17.2 Å². The molecule has 0 heterocycles. The van der Waals surface area contributed by atoms with Gasteiger partial charge in [-0.2, -0.15) is 5.26 Å². The minimum absolute atomic E-state index is 0.0881. The molecule has 0 spiro atoms. The van der Waals surface area contributed by atoms with Crippen LogP contribution < -0.4 is 5.32 Å². The van der Waals surface area contributed by atoms with Gasteiger partial charge in [0.15, 0.2) is 0 Å². The number of carboxylic acid groups (broad SMARTS) is 1. The second kappa shape index (κ2) is 5.30. The monoisotopic (exact) mass is 236 g/mol. The summed E-state index contributed by atoms with van der Waals surface area (Å²) >= 11 is 0. The second-order valence-electron chi connectivity index (χ2n) is 4.01. The average molecular weight is 236 g/mol. The molecule has 5 heteroatoms. The fraction of sp³-hybridized carbons (Fsp3) is 0.333. The van der Waals surface area contributed by atoms with Gasteiger partial charge in [-0.1, -0.05) is 13.8 Å². The maximum absolute atomic E-state index is 13.5. The molecule has 2 N–H and O–H groups in total. The van der Waals surface area contributed by atoms with Gasteiger partial charge < -0.3 is 10.4 Å². The van der Waals surface area contributed by atoms with Gasteiger partial charge in [0, 0.05) is 0 Å². The van der Waals surface area contributed by atoms with Gasteiger partial charge in [0.2, 0.25) is 0 Å². The maximum atomic E-state index is 13.5. The minimum Gasteiger partial charge on any atom is -0.480 e. The van der Waals surface area contributed by atoms with Gasteiger partial charge in [0.25, 0.3) is 0 Å². The highest BCUT2D eigenvalue weighted by molar-refractivity contribution is 5.77. The van der Waals surface area contributed by atoms with Gasteiger partial charge in [0.1, 0.15) is 11.9 Å². The van der Waals surface area contributed by atoms with Crippen LogP contribution in [0.3, 0.4) is 0 Å². The number of benzene rings is 1. The second-order valence-corrected chi connectivity index (χ2v) is 4.01. The number of nitrogens with zero attached hydrogens (tertiary/aromatic N) is 1. The van der Waals surface area contributed by atoms with E-state index < -0.39 is 17.8 Å². The fourth-order valence-electron chi connectivity index (χ4n) is 1.38. The Morgan fingerprint density at radius 1 is 1.53 bits per heavy atom. The molecule has 0 aliphatic rings. The molecule has 0 amide bonds. The van der Waals surface area contributed by atoms with E-state index in [0.717, 1.165) is 6.07 Å². The SMILES string of the molecule is CC(C)C(Nc1ccc(C#N)cc1F)C(=O)O. The molecule has 90 valence electrons. The first-order valence-electron chi connectivity index (χ1n) is 5.14. The Bertz CT molecular complexity index is 466. The van der Waals surface area contributed by atoms with Gasteiger partial charge >= 0.3 is 5.97 Å². The van der Waals surface area contributed by atoms with Gasteiger partial charge in [-0.05, 0) is 24.1 Å². The zero-order chi connectivity index (χ0) is 13.0. The number of rotatable bonds is 4. The molecule has 1 aromatic carbocycles. The van der Waals surface area contributed by atoms with E-state index in [4.69, 9.17) is 10.4 Å². The first-order valence-corrected chi connectivity index (χ1v) is 5.14. The fourth-order valence-corrected chi connectivity index (χ4v) is 1.38. The van der Waals surface area contributed by atoms with E-state index in [1.54, 1.807) is 13.8 Å². The predicted octanol–water partition coefficient (Wildman–Crippen LogP) is 2.22. The standard InChI is InChI=1S/C12H13FN2O2/c1-7(2)11(12(16)17)15-10-4-3-8(6-14)5-9(10)13/h3-5,7,11,15H,1-2H3,(H,16,17). The lowest BCUT2D eigenvalue weighted by molar-refractivity contribution is -0.138. The Kier molecular flexibility index (Phi) is 4.05. The van der Waals surface area contributed by atoms with Crippen molar-refractivity contribution in [3.8, 4) is 6.07 Å². The number of nitriles is 1. The van der Waals surface area contributed by atoms with Crippen molar-refractivity contribution >= 4 is 11.7 Å². The Morgan fingerprint density at radius 3 is 2.59 bits per heavy atom. The molecule has 1 atom stereocenters. The summed E-state index contributed by atoms with van der Waals surface area (Å²) in [5.41, 5.74) is 0.287. The molecule has 0 aliphatic heterocycles. The number of carbonyl (C=O) groups is 1. The molecule has 0 aliphatic carbocycles. The lowest BCUT2D eigenvalue weighted by Gasteiger charge is -2.19. The zero-order valence-corrected chi connectivity index (χ0v) is 9.57. The lowest BCUT2D eigenvalue weighted by Crippen LogP contribution is -2.34. The average Bonchev–Trinajstić information content (AvgIpc) is 2.26. The molecule has 1 rings (SSSR count). The molecule has 4 nitrogen and oxygen atoms in total. The summed E-state index contributed by atoms with van der Waals surface area (Å²) in [6.45, 7) is 3.46. The summed E-state index contributed by atoms with van der Waals surface area (Å²) in [5.74, 6) is -1.85. The number of anilines is 1. The minimum atomic E-state index is -1.04. The zero-order valence-electron chi connectivity index (χ0n) is 9.57. The molecule has 0 radical (unpaired) electrons. The molecule has 0 fully saturated rings. The van der Waals surface area contributed by atoms with E-state index >= 15 is 0 Å². The van der Waals surface area contributed by atoms with E-state index in [0.29, 0.717) is 0 Å². The Balaban J connectivity index is 2.95. The number of hydrogen-bond acceptors (Lipinski definition) is 3. The van der Waals surface area contributed by atoms with E-state index in [1.165, 1.54) is 12.1 Å². The topological polar surface area (TPSA) is 73.1 Å². The first-order chi connectivity index (χ1) is 7.95. The van der Waals surface area contributed by atoms with Crippen LogP contribution in [0, 0.1) is 23.1 Å².